The van der Waals surface area contributed by atoms with Gasteiger partial charge in [-0.1, -0.05) is 31.6 Å². The van der Waals surface area contributed by atoms with Crippen LogP contribution < -0.4 is 16.0 Å². The van der Waals surface area contributed by atoms with Crippen LogP contribution in [-0.2, 0) is 4.79 Å². The van der Waals surface area contributed by atoms with Gasteiger partial charge in [0.05, 0.1) is 0 Å². The number of nitrogens with one attached hydrogen (secondary N) is 3. The summed E-state index contributed by atoms with van der Waals surface area (Å²) < 4.78 is 0. The highest BCUT2D eigenvalue weighted by Crippen LogP contribution is 2.34. The van der Waals surface area contributed by atoms with Crippen molar-refractivity contribution in [2.45, 2.75) is 33.2 Å². The monoisotopic (exact) mass is 319 g/mol. The number of aryl methyl sites for hydroxylation is 1. The Kier molecular flexibility index (Phi) is 3.88. The van der Waals surface area contributed by atoms with Crippen LogP contribution in [0.15, 0.2) is 5.51 Å². The van der Waals surface area contributed by atoms with Crippen LogP contribution in [0.25, 0.3) is 0 Å². The molecule has 3 heterocycles. The van der Waals surface area contributed by atoms with Crippen LogP contribution in [0.5, 0.6) is 0 Å². The molecule has 8 nitrogen and oxygen atoms in total. The molecule has 0 fully saturated rings. The minimum absolute atomic E-state index is 0.0744. The Balaban J connectivity index is 1.96. The summed E-state index contributed by atoms with van der Waals surface area (Å²) in [6, 6.07) is -0.291. The van der Waals surface area contributed by atoms with E-state index in [2.05, 4.69) is 43.0 Å². The Bertz CT molecular complexity index is 688. The zero-order chi connectivity index (χ0) is 15.7. The molecule has 0 radical (unpaired) electrons. The predicted octanol–water partition coefficient (Wildman–Crippen LogP) is 2.16. The van der Waals surface area contributed by atoms with Crippen molar-refractivity contribution in [2.24, 2.45) is 5.92 Å². The molecule has 3 N–H and O–H groups in total. The number of anilines is 4. The van der Waals surface area contributed by atoms with E-state index in [1.165, 1.54) is 11.3 Å². The molecule has 3 rings (SSSR count). The highest BCUT2D eigenvalue weighted by molar-refractivity contribution is 7.13. The van der Waals surface area contributed by atoms with Crippen LogP contribution in [0.2, 0.25) is 0 Å². The van der Waals surface area contributed by atoms with E-state index >= 15 is 0 Å². The lowest BCUT2D eigenvalue weighted by atomic mass is 9.97. The normalized spacial score (nSPS) is 18.1. The minimum atomic E-state index is -0.291. The van der Waals surface area contributed by atoms with E-state index in [0.717, 1.165) is 6.42 Å². The van der Waals surface area contributed by atoms with Crippen LogP contribution in [0.3, 0.4) is 0 Å². The maximum absolute atomic E-state index is 12.3. The minimum Gasteiger partial charge on any atom is -0.356 e. The maximum Gasteiger partial charge on any atom is 0.247 e. The summed E-state index contributed by atoms with van der Waals surface area (Å²) in [5, 5.41) is 17.5. The van der Waals surface area contributed by atoms with Gasteiger partial charge in [-0.05, 0) is 12.8 Å². The summed E-state index contributed by atoms with van der Waals surface area (Å²) in [6.45, 7) is 5.90. The first-order valence-corrected chi connectivity index (χ1v) is 7.95. The summed E-state index contributed by atoms with van der Waals surface area (Å²) in [7, 11) is 0. The molecule has 2 aromatic heterocycles. The van der Waals surface area contributed by atoms with Gasteiger partial charge >= 0.3 is 0 Å². The molecule has 0 aliphatic carbocycles. The Morgan fingerprint density at radius 2 is 2.27 bits per heavy atom. The van der Waals surface area contributed by atoms with Gasteiger partial charge in [0.25, 0.3) is 0 Å². The number of fused-ring (bicyclic) bond motifs is 1. The van der Waals surface area contributed by atoms with Crippen molar-refractivity contribution in [1.29, 1.82) is 0 Å². The molecule has 22 heavy (non-hydrogen) atoms. The molecule has 2 unspecified atom stereocenters. The van der Waals surface area contributed by atoms with Crippen molar-refractivity contribution >= 4 is 39.7 Å². The highest BCUT2D eigenvalue weighted by atomic mass is 32.1. The van der Waals surface area contributed by atoms with E-state index in [1.807, 2.05) is 13.8 Å². The van der Waals surface area contributed by atoms with E-state index in [0.29, 0.717) is 28.3 Å². The maximum atomic E-state index is 12.3. The van der Waals surface area contributed by atoms with Crippen molar-refractivity contribution in [3.8, 4) is 0 Å². The predicted molar refractivity (Wildman–Crippen MR) is 85.5 cm³/mol. The Morgan fingerprint density at radius 1 is 1.45 bits per heavy atom. The van der Waals surface area contributed by atoms with E-state index in [1.54, 1.807) is 5.51 Å². The number of amides is 1. The number of carbonyl (C=O) groups is 1. The van der Waals surface area contributed by atoms with Crippen molar-refractivity contribution in [1.82, 2.24) is 20.2 Å². The largest absolute Gasteiger partial charge is 0.356 e. The molecule has 1 aliphatic heterocycles. The second kappa shape index (κ2) is 5.84. The van der Waals surface area contributed by atoms with Crippen molar-refractivity contribution in [3.05, 3.63) is 11.3 Å². The third-order valence-corrected chi connectivity index (χ3v) is 4.25. The van der Waals surface area contributed by atoms with Crippen molar-refractivity contribution in [2.75, 3.05) is 16.0 Å². The molecule has 0 bridgehead atoms. The Labute approximate surface area is 131 Å². The first-order chi connectivity index (χ1) is 10.6. The Hall–Kier alpha value is -2.29. The van der Waals surface area contributed by atoms with Gasteiger partial charge in [0, 0.05) is 0 Å². The van der Waals surface area contributed by atoms with Crippen LogP contribution in [0.4, 0.5) is 22.5 Å². The third kappa shape index (κ3) is 2.71. The second-order valence-corrected chi connectivity index (χ2v) is 6.04. The second-order valence-electron chi connectivity index (χ2n) is 5.21. The lowest BCUT2D eigenvalue weighted by Gasteiger charge is -2.30. The van der Waals surface area contributed by atoms with Crippen molar-refractivity contribution in [3.63, 3.8) is 0 Å². The van der Waals surface area contributed by atoms with Gasteiger partial charge in [-0.25, -0.2) is 9.97 Å². The van der Waals surface area contributed by atoms with E-state index < -0.39 is 0 Å². The van der Waals surface area contributed by atoms with Gasteiger partial charge in [-0.15, -0.1) is 10.2 Å². The fraction of sp³-hybridized carbons (Fsp3) is 0.462. The molecule has 116 valence electrons. The number of aromatic nitrogens is 4. The third-order valence-electron chi connectivity index (χ3n) is 3.64. The SMILES string of the molecule is CCC(C)C1Nc2nc(C)nc(Nc3nncs3)c2NC1=O. The quantitative estimate of drug-likeness (QED) is 0.793. The summed E-state index contributed by atoms with van der Waals surface area (Å²) in [5.41, 5.74) is 2.17. The topological polar surface area (TPSA) is 105 Å². The van der Waals surface area contributed by atoms with E-state index in [4.69, 9.17) is 0 Å². The fourth-order valence-electron chi connectivity index (χ4n) is 2.26. The molecule has 0 spiro atoms. The van der Waals surface area contributed by atoms with Gasteiger partial charge in [0.1, 0.15) is 23.1 Å². The number of rotatable bonds is 4. The van der Waals surface area contributed by atoms with Gasteiger partial charge < -0.3 is 16.0 Å². The first kappa shape index (κ1) is 14.6. The molecule has 2 atom stereocenters. The van der Waals surface area contributed by atoms with Gasteiger partial charge in [0.2, 0.25) is 11.0 Å². The van der Waals surface area contributed by atoms with Gasteiger partial charge in [-0.2, -0.15) is 0 Å². The number of nitrogens with zero attached hydrogens (tertiary/aromatic N) is 4. The van der Waals surface area contributed by atoms with Crippen LogP contribution in [0, 0.1) is 12.8 Å². The van der Waals surface area contributed by atoms with Gasteiger partial charge in [-0.3, -0.25) is 4.79 Å². The lowest BCUT2D eigenvalue weighted by Crippen LogP contribution is -2.43. The molecule has 0 saturated carbocycles. The highest BCUT2D eigenvalue weighted by Gasteiger charge is 2.32. The average molecular weight is 319 g/mol. The molecule has 9 heteroatoms. The molecular weight excluding hydrogens is 302 g/mol. The fourth-order valence-corrected chi connectivity index (χ4v) is 2.71. The molecular formula is C13H17N7OS. The summed E-state index contributed by atoms with van der Waals surface area (Å²) in [5.74, 6) is 1.89. The Morgan fingerprint density at radius 3 is 2.95 bits per heavy atom. The molecule has 0 saturated heterocycles. The van der Waals surface area contributed by atoms with E-state index in [-0.39, 0.29) is 17.9 Å². The van der Waals surface area contributed by atoms with Gasteiger partial charge in [0.15, 0.2) is 11.6 Å². The average Bonchev–Trinajstić information content (AvgIpc) is 2.99. The smallest absolute Gasteiger partial charge is 0.247 e. The molecule has 1 aliphatic rings. The van der Waals surface area contributed by atoms with E-state index in [9.17, 15) is 4.79 Å². The van der Waals surface area contributed by atoms with Crippen LogP contribution in [0.1, 0.15) is 26.1 Å². The number of hydrogen-bond donors (Lipinski definition) is 3. The zero-order valence-electron chi connectivity index (χ0n) is 12.5. The number of carbonyl (C=O) groups excluding carboxylic acids is 1. The molecule has 0 aromatic carbocycles. The first-order valence-electron chi connectivity index (χ1n) is 7.07. The molecule has 1 amide bonds. The summed E-state index contributed by atoms with van der Waals surface area (Å²) in [4.78, 5) is 21.1. The van der Waals surface area contributed by atoms with Crippen molar-refractivity contribution < 1.29 is 4.79 Å². The lowest BCUT2D eigenvalue weighted by molar-refractivity contribution is -0.118. The zero-order valence-corrected chi connectivity index (χ0v) is 13.4. The number of hydrogen-bond acceptors (Lipinski definition) is 8. The summed E-state index contributed by atoms with van der Waals surface area (Å²) in [6.07, 6.45) is 0.903. The van der Waals surface area contributed by atoms with Crippen LogP contribution in [-0.4, -0.2) is 32.1 Å². The molecule has 2 aromatic rings. The summed E-state index contributed by atoms with van der Waals surface area (Å²) >= 11 is 1.36. The standard InChI is InChI=1S/C13H17N7OS/c1-4-6(2)8-12(21)18-9-10(17-8)15-7(3)16-11(9)19-13-20-14-5-22-13/h5-6,8H,4H2,1-3H3,(H,18,21)(H2,15,16,17,19,20). The van der Waals surface area contributed by atoms with Crippen LogP contribution >= 0.6 is 11.3 Å².